The van der Waals surface area contributed by atoms with Crippen LogP contribution in [0.4, 0.5) is 8.78 Å². The van der Waals surface area contributed by atoms with Crippen LogP contribution >= 0.6 is 0 Å². The van der Waals surface area contributed by atoms with Crippen LogP contribution in [0, 0.1) is 23.5 Å². The van der Waals surface area contributed by atoms with Gasteiger partial charge in [0.2, 0.25) is 0 Å². The number of hydrogen-bond acceptors (Lipinski definition) is 0. The molecule has 0 heterocycles. The summed E-state index contributed by atoms with van der Waals surface area (Å²) in [5.41, 5.74) is 2.96. The van der Waals surface area contributed by atoms with Crippen LogP contribution in [-0.4, -0.2) is 0 Å². The monoisotopic (exact) mass is 496 g/mol. The molecule has 1 atom stereocenters. The highest BCUT2D eigenvalue weighted by molar-refractivity contribution is 5.65. The summed E-state index contributed by atoms with van der Waals surface area (Å²) < 4.78 is 30.4. The third-order valence-electron chi connectivity index (χ3n) is 8.75. The summed E-state index contributed by atoms with van der Waals surface area (Å²) in [4.78, 5) is 0. The van der Waals surface area contributed by atoms with Crippen LogP contribution in [0.2, 0.25) is 0 Å². The van der Waals surface area contributed by atoms with E-state index in [2.05, 4.69) is 32.9 Å². The van der Waals surface area contributed by atoms with E-state index in [1.807, 2.05) is 18.2 Å². The van der Waals surface area contributed by atoms with Crippen LogP contribution in [0.5, 0.6) is 0 Å². The Morgan fingerprint density at radius 3 is 1.97 bits per heavy atom. The van der Waals surface area contributed by atoms with Gasteiger partial charge in [-0.15, -0.1) is 0 Å². The summed E-state index contributed by atoms with van der Waals surface area (Å²) in [6.07, 6.45) is 20.4. The first-order valence-corrected chi connectivity index (χ1v) is 15.1. The van der Waals surface area contributed by atoms with Gasteiger partial charge in [0.25, 0.3) is 0 Å². The minimum atomic E-state index is -0.689. The average molecular weight is 497 g/mol. The Morgan fingerprint density at radius 1 is 0.694 bits per heavy atom. The molecule has 0 amide bonds. The predicted octanol–water partition coefficient (Wildman–Crippen LogP) is 11.4. The lowest BCUT2D eigenvalue weighted by Crippen LogP contribution is -2.20. The first-order chi connectivity index (χ1) is 17.5. The van der Waals surface area contributed by atoms with Crippen molar-refractivity contribution in [3.63, 3.8) is 0 Å². The van der Waals surface area contributed by atoms with Gasteiger partial charge in [0.05, 0.1) is 0 Å². The van der Waals surface area contributed by atoms with E-state index in [0.717, 1.165) is 30.7 Å². The fourth-order valence-corrected chi connectivity index (χ4v) is 6.19. The lowest BCUT2D eigenvalue weighted by Gasteiger charge is -2.33. The standard InChI is InChI=1S/C34H50F2/c1-4-6-8-9-10-11-13-15-28-16-20-29(21-17-28)26(3)31-24-25-32(34(36)33(31)35)30-22-18-27(19-23-30)14-12-7-5-2/h18-19,22-26,28-29H,4-17,20-21H2,1-3H3. The van der Waals surface area contributed by atoms with E-state index in [1.165, 1.54) is 89.0 Å². The third-order valence-corrected chi connectivity index (χ3v) is 8.75. The second-order valence-corrected chi connectivity index (χ2v) is 11.5. The van der Waals surface area contributed by atoms with Crippen LogP contribution in [0.15, 0.2) is 36.4 Å². The zero-order valence-corrected chi connectivity index (χ0v) is 23.3. The Hall–Kier alpha value is -1.70. The highest BCUT2D eigenvalue weighted by Crippen LogP contribution is 2.41. The third kappa shape index (κ3) is 8.42. The van der Waals surface area contributed by atoms with Gasteiger partial charge in [0.15, 0.2) is 11.6 Å². The zero-order chi connectivity index (χ0) is 25.8. The normalized spacial score (nSPS) is 18.9. The SMILES string of the molecule is CCCCCCCCCC1CCC(C(C)c2ccc(-c3ccc(CCCCC)cc3)c(F)c2F)CC1. The molecule has 0 aliphatic heterocycles. The van der Waals surface area contributed by atoms with E-state index in [9.17, 15) is 0 Å². The number of benzene rings is 2. The van der Waals surface area contributed by atoms with Gasteiger partial charge in [0.1, 0.15) is 0 Å². The molecule has 1 aliphatic rings. The first-order valence-electron chi connectivity index (χ1n) is 15.1. The van der Waals surface area contributed by atoms with E-state index < -0.39 is 11.6 Å². The molecule has 0 radical (unpaired) electrons. The highest BCUT2D eigenvalue weighted by atomic mass is 19.2. The summed E-state index contributed by atoms with van der Waals surface area (Å²) in [6.45, 7) is 6.57. The van der Waals surface area contributed by atoms with Crippen molar-refractivity contribution in [3.8, 4) is 11.1 Å². The maximum atomic E-state index is 15.3. The molecule has 2 heteroatoms. The molecular formula is C34H50F2. The van der Waals surface area contributed by atoms with Gasteiger partial charge in [-0.25, -0.2) is 8.78 Å². The fraction of sp³-hybridized carbons (Fsp3) is 0.647. The summed E-state index contributed by atoms with van der Waals surface area (Å²) in [5, 5.41) is 0. The van der Waals surface area contributed by atoms with Crippen molar-refractivity contribution in [1.82, 2.24) is 0 Å². The Balaban J connectivity index is 1.50. The van der Waals surface area contributed by atoms with Crippen LogP contribution in [0.25, 0.3) is 11.1 Å². The molecule has 3 rings (SSSR count). The van der Waals surface area contributed by atoms with Crippen molar-refractivity contribution in [2.45, 2.75) is 129 Å². The van der Waals surface area contributed by atoms with Crippen LogP contribution < -0.4 is 0 Å². The molecule has 0 nitrogen and oxygen atoms in total. The molecular weight excluding hydrogens is 446 g/mol. The van der Waals surface area contributed by atoms with Gasteiger partial charge < -0.3 is 0 Å². The molecule has 0 aromatic heterocycles. The Kier molecular flexibility index (Phi) is 12.5. The Labute approximate surface area is 220 Å². The second-order valence-electron chi connectivity index (χ2n) is 11.5. The molecule has 1 saturated carbocycles. The Morgan fingerprint density at radius 2 is 1.31 bits per heavy atom. The molecule has 1 aliphatic carbocycles. The molecule has 1 fully saturated rings. The highest BCUT2D eigenvalue weighted by Gasteiger charge is 2.28. The number of unbranched alkanes of at least 4 members (excludes halogenated alkanes) is 8. The van der Waals surface area contributed by atoms with Crippen molar-refractivity contribution in [2.24, 2.45) is 11.8 Å². The molecule has 1 unspecified atom stereocenters. The lowest BCUT2D eigenvalue weighted by molar-refractivity contribution is 0.233. The summed E-state index contributed by atoms with van der Waals surface area (Å²) in [6, 6.07) is 11.6. The summed E-state index contributed by atoms with van der Waals surface area (Å²) in [5.74, 6) is 0.0207. The molecule has 0 bridgehead atoms. The minimum absolute atomic E-state index is 0.0639. The zero-order valence-electron chi connectivity index (χ0n) is 23.3. The van der Waals surface area contributed by atoms with Gasteiger partial charge in [-0.2, -0.15) is 0 Å². The summed E-state index contributed by atoms with van der Waals surface area (Å²) >= 11 is 0. The van der Waals surface area contributed by atoms with Gasteiger partial charge in [-0.3, -0.25) is 0 Å². The van der Waals surface area contributed by atoms with E-state index in [4.69, 9.17) is 0 Å². The van der Waals surface area contributed by atoms with Gasteiger partial charge in [0, 0.05) is 5.56 Å². The summed E-state index contributed by atoms with van der Waals surface area (Å²) in [7, 11) is 0. The quantitative estimate of drug-likeness (QED) is 0.215. The number of aryl methyl sites for hydroxylation is 1. The van der Waals surface area contributed by atoms with Crippen molar-refractivity contribution in [2.75, 3.05) is 0 Å². The molecule has 0 N–H and O–H groups in total. The molecule has 0 spiro atoms. The van der Waals surface area contributed by atoms with Crippen molar-refractivity contribution >= 4 is 0 Å². The predicted molar refractivity (Wildman–Crippen MR) is 151 cm³/mol. The largest absolute Gasteiger partial charge is 0.203 e. The average Bonchev–Trinajstić information content (AvgIpc) is 2.90. The number of hydrogen-bond donors (Lipinski definition) is 0. The number of rotatable bonds is 15. The van der Waals surface area contributed by atoms with Crippen molar-refractivity contribution in [3.05, 3.63) is 59.2 Å². The minimum Gasteiger partial charge on any atom is -0.203 e. The molecule has 0 saturated heterocycles. The van der Waals surface area contributed by atoms with Gasteiger partial charge in [-0.1, -0.05) is 134 Å². The first kappa shape index (κ1) is 28.9. The molecule has 2 aromatic rings. The fourth-order valence-electron chi connectivity index (χ4n) is 6.19. The van der Waals surface area contributed by atoms with Crippen LogP contribution in [-0.2, 0) is 6.42 Å². The Bertz CT molecular complexity index is 877. The lowest BCUT2D eigenvalue weighted by atomic mass is 9.73. The van der Waals surface area contributed by atoms with E-state index >= 15 is 8.78 Å². The van der Waals surface area contributed by atoms with E-state index in [1.54, 1.807) is 6.07 Å². The smallest absolute Gasteiger partial charge is 0.166 e. The second kappa shape index (κ2) is 15.5. The topological polar surface area (TPSA) is 0 Å². The van der Waals surface area contributed by atoms with Crippen LogP contribution in [0.3, 0.4) is 0 Å². The maximum Gasteiger partial charge on any atom is 0.166 e. The van der Waals surface area contributed by atoms with Gasteiger partial charge in [-0.05, 0) is 60.1 Å². The maximum absolute atomic E-state index is 15.3. The van der Waals surface area contributed by atoms with Crippen molar-refractivity contribution < 1.29 is 8.78 Å². The number of halogens is 2. The van der Waals surface area contributed by atoms with Crippen LogP contribution in [0.1, 0.15) is 134 Å². The van der Waals surface area contributed by atoms with E-state index in [0.29, 0.717) is 17.0 Å². The van der Waals surface area contributed by atoms with Gasteiger partial charge >= 0.3 is 0 Å². The molecule has 36 heavy (non-hydrogen) atoms. The van der Waals surface area contributed by atoms with Crippen molar-refractivity contribution in [1.29, 1.82) is 0 Å². The van der Waals surface area contributed by atoms with E-state index in [-0.39, 0.29) is 5.92 Å². The molecule has 200 valence electrons. The molecule has 2 aromatic carbocycles.